The lowest BCUT2D eigenvalue weighted by Gasteiger charge is -2.13. The molecule has 1 unspecified atom stereocenters. The number of aliphatic hydroxyl groups is 1. The van der Waals surface area contributed by atoms with Crippen molar-refractivity contribution in [1.82, 2.24) is 0 Å². The summed E-state index contributed by atoms with van der Waals surface area (Å²) < 4.78 is 37.7. The van der Waals surface area contributed by atoms with Crippen LogP contribution in [0.2, 0.25) is 19.6 Å². The molecule has 0 spiro atoms. The number of hydrogen-bond donors (Lipinski definition) is 1. The number of hydrogen-bond acceptors (Lipinski definition) is 1. The van der Waals surface area contributed by atoms with E-state index in [-0.39, 0.29) is 11.6 Å². The maximum atomic E-state index is 12.6. The predicted octanol–water partition coefficient (Wildman–Crippen LogP) is 4.09. The summed E-state index contributed by atoms with van der Waals surface area (Å²) in [6.45, 7) is 5.79. The van der Waals surface area contributed by atoms with E-state index in [2.05, 4.69) is 11.5 Å². The third-order valence-corrected chi connectivity index (χ3v) is 3.19. The molecule has 0 saturated heterocycles. The Morgan fingerprint density at radius 2 is 1.75 bits per heavy atom. The van der Waals surface area contributed by atoms with E-state index in [9.17, 15) is 18.3 Å². The highest BCUT2D eigenvalue weighted by Crippen LogP contribution is 2.26. The van der Waals surface area contributed by atoms with Crippen molar-refractivity contribution in [2.75, 3.05) is 0 Å². The van der Waals surface area contributed by atoms with E-state index >= 15 is 0 Å². The van der Waals surface area contributed by atoms with Gasteiger partial charge in [-0.2, -0.15) is 13.2 Å². The number of benzene rings is 1. The van der Waals surface area contributed by atoms with E-state index in [4.69, 9.17) is 0 Å². The maximum Gasteiger partial charge on any atom is 0.410 e. The molecule has 1 aromatic rings. The first kappa shape index (κ1) is 16.5. The van der Waals surface area contributed by atoms with E-state index in [1.807, 2.05) is 19.6 Å². The molecule has 0 aromatic heterocycles. The molecule has 0 amide bonds. The lowest BCUT2D eigenvalue weighted by Crippen LogP contribution is -2.17. The van der Waals surface area contributed by atoms with Crippen LogP contribution in [0.25, 0.3) is 0 Å². The predicted molar refractivity (Wildman–Crippen MR) is 76.7 cm³/mol. The van der Waals surface area contributed by atoms with Crippen LogP contribution in [0, 0.1) is 11.5 Å². The molecule has 0 heterocycles. The Kier molecular flexibility index (Phi) is 5.20. The minimum atomic E-state index is -4.50. The first-order chi connectivity index (χ1) is 9.08. The monoisotopic (exact) mass is 298 g/mol. The van der Waals surface area contributed by atoms with Crippen LogP contribution in [-0.2, 0) is 0 Å². The molecule has 0 aliphatic heterocycles. The average Bonchev–Trinajstić information content (AvgIpc) is 2.32. The molecule has 0 bridgehead atoms. The van der Waals surface area contributed by atoms with Gasteiger partial charge in [0.2, 0.25) is 0 Å². The number of halogens is 3. The second kappa shape index (κ2) is 6.29. The smallest absolute Gasteiger partial charge is 0.383 e. The summed E-state index contributed by atoms with van der Waals surface area (Å²) >= 11 is 0. The van der Waals surface area contributed by atoms with Crippen molar-refractivity contribution >= 4 is 8.07 Å². The van der Waals surface area contributed by atoms with E-state index in [0.29, 0.717) is 5.56 Å². The van der Waals surface area contributed by atoms with E-state index < -0.39 is 20.4 Å². The summed E-state index contributed by atoms with van der Waals surface area (Å²) in [5.41, 5.74) is 2.94. The minimum Gasteiger partial charge on any atom is -0.383 e. The van der Waals surface area contributed by atoms with Crippen LogP contribution in [0.1, 0.15) is 11.7 Å². The van der Waals surface area contributed by atoms with Gasteiger partial charge in [-0.05, 0) is 5.56 Å². The zero-order valence-corrected chi connectivity index (χ0v) is 12.6. The van der Waals surface area contributed by atoms with Gasteiger partial charge in [-0.3, -0.25) is 0 Å². The molecular weight excluding hydrogens is 281 g/mol. The van der Waals surface area contributed by atoms with Gasteiger partial charge in [0.25, 0.3) is 0 Å². The van der Waals surface area contributed by atoms with Crippen molar-refractivity contribution < 1.29 is 18.3 Å². The standard InChI is InChI=1S/C15H17F3OSi/c1-20(2,3)10-9-13(11-15(16,17)18)14(19)12-7-5-4-6-8-12/h4-8,11,14,19H,1-3H3/b13-11-. The number of alkyl halides is 3. The lowest BCUT2D eigenvalue weighted by atomic mass is 10.0. The molecule has 0 radical (unpaired) electrons. The third-order valence-electron chi connectivity index (χ3n) is 2.31. The van der Waals surface area contributed by atoms with Crippen molar-refractivity contribution in [2.24, 2.45) is 0 Å². The van der Waals surface area contributed by atoms with Crippen molar-refractivity contribution in [2.45, 2.75) is 31.9 Å². The van der Waals surface area contributed by atoms with Crippen LogP contribution < -0.4 is 0 Å². The number of aliphatic hydroxyl groups excluding tert-OH is 1. The lowest BCUT2D eigenvalue weighted by molar-refractivity contribution is -0.0810. The molecule has 0 aliphatic rings. The Balaban J connectivity index is 3.18. The van der Waals surface area contributed by atoms with Crippen LogP contribution >= 0.6 is 0 Å². The molecule has 108 valence electrons. The second-order valence-corrected chi connectivity index (χ2v) is 10.2. The Morgan fingerprint density at radius 3 is 2.20 bits per heavy atom. The van der Waals surface area contributed by atoms with Crippen LogP contribution in [-0.4, -0.2) is 19.4 Å². The molecule has 1 aromatic carbocycles. The largest absolute Gasteiger partial charge is 0.410 e. The Morgan fingerprint density at radius 1 is 1.20 bits per heavy atom. The molecule has 1 rings (SSSR count). The summed E-state index contributed by atoms with van der Waals surface area (Å²) in [6, 6.07) is 8.21. The first-order valence-corrected chi connectivity index (χ1v) is 9.64. The van der Waals surface area contributed by atoms with Crippen LogP contribution in [0.5, 0.6) is 0 Å². The van der Waals surface area contributed by atoms with Crippen molar-refractivity contribution in [3.05, 3.63) is 47.5 Å². The van der Waals surface area contributed by atoms with Gasteiger partial charge < -0.3 is 5.11 Å². The van der Waals surface area contributed by atoms with Gasteiger partial charge in [0, 0.05) is 11.6 Å². The van der Waals surface area contributed by atoms with Gasteiger partial charge in [-0.1, -0.05) is 55.9 Å². The highest BCUT2D eigenvalue weighted by Gasteiger charge is 2.27. The Labute approximate surface area is 118 Å². The quantitative estimate of drug-likeness (QED) is 0.644. The zero-order chi connectivity index (χ0) is 15.4. The molecule has 1 nitrogen and oxygen atoms in total. The van der Waals surface area contributed by atoms with E-state index in [1.54, 1.807) is 30.3 Å². The normalized spacial score (nSPS) is 14.4. The van der Waals surface area contributed by atoms with E-state index in [0.717, 1.165) is 0 Å². The van der Waals surface area contributed by atoms with Crippen LogP contribution in [0.3, 0.4) is 0 Å². The minimum absolute atomic E-state index is 0.0812. The fourth-order valence-corrected chi connectivity index (χ4v) is 1.95. The van der Waals surface area contributed by atoms with Gasteiger partial charge in [0.15, 0.2) is 0 Å². The van der Waals surface area contributed by atoms with Gasteiger partial charge >= 0.3 is 6.18 Å². The first-order valence-electron chi connectivity index (χ1n) is 6.14. The third kappa shape index (κ3) is 6.09. The summed E-state index contributed by atoms with van der Waals surface area (Å²) in [5, 5.41) is 10.1. The van der Waals surface area contributed by atoms with Crippen LogP contribution in [0.4, 0.5) is 13.2 Å². The molecule has 20 heavy (non-hydrogen) atoms. The maximum absolute atomic E-state index is 12.6. The highest BCUT2D eigenvalue weighted by molar-refractivity contribution is 6.83. The Hall–Kier alpha value is -1.51. The molecule has 5 heteroatoms. The van der Waals surface area contributed by atoms with Gasteiger partial charge in [-0.25, -0.2) is 0 Å². The van der Waals surface area contributed by atoms with Crippen molar-refractivity contribution in [3.8, 4) is 11.5 Å². The zero-order valence-electron chi connectivity index (χ0n) is 11.6. The summed E-state index contributed by atoms with van der Waals surface area (Å²) in [6.07, 6.45) is -5.78. The van der Waals surface area contributed by atoms with Crippen molar-refractivity contribution in [1.29, 1.82) is 0 Å². The molecular formula is C15H17F3OSi. The summed E-state index contributed by atoms with van der Waals surface area (Å²) in [4.78, 5) is 0. The second-order valence-electron chi connectivity index (χ2n) is 5.45. The average molecular weight is 298 g/mol. The van der Waals surface area contributed by atoms with Gasteiger partial charge in [-0.15, -0.1) is 5.54 Å². The SMILES string of the molecule is C[Si](C)(C)C#C/C(=C/C(F)(F)F)C(O)c1ccccc1. The fourth-order valence-electron chi connectivity index (χ4n) is 1.43. The topological polar surface area (TPSA) is 20.2 Å². The summed E-state index contributed by atoms with van der Waals surface area (Å²) in [5.74, 6) is 2.52. The molecule has 0 aliphatic carbocycles. The molecule has 0 saturated carbocycles. The number of allylic oxidation sites excluding steroid dienone is 1. The van der Waals surface area contributed by atoms with Gasteiger partial charge in [0.05, 0.1) is 0 Å². The molecule has 0 fully saturated rings. The van der Waals surface area contributed by atoms with Crippen molar-refractivity contribution in [3.63, 3.8) is 0 Å². The van der Waals surface area contributed by atoms with Crippen LogP contribution in [0.15, 0.2) is 42.0 Å². The fraction of sp³-hybridized carbons (Fsp3) is 0.333. The number of rotatable bonds is 2. The molecule has 1 atom stereocenters. The summed E-state index contributed by atoms with van der Waals surface area (Å²) in [7, 11) is -1.82. The highest BCUT2D eigenvalue weighted by atomic mass is 28.3. The Bertz CT molecular complexity index is 530. The van der Waals surface area contributed by atoms with E-state index in [1.165, 1.54) is 0 Å². The van der Waals surface area contributed by atoms with Gasteiger partial charge in [0.1, 0.15) is 14.2 Å². The molecule has 1 N–H and O–H groups in total.